The smallest absolute Gasteiger partial charge is 0.350 e. The molecule has 1 amide bonds. The Kier molecular flexibility index (Phi) is 6.10. The number of hydrogen-bond acceptors (Lipinski definition) is 4. The highest BCUT2D eigenvalue weighted by Gasteiger charge is 2.18. The van der Waals surface area contributed by atoms with Gasteiger partial charge in [0, 0.05) is 12.8 Å². The lowest BCUT2D eigenvalue weighted by Crippen LogP contribution is -2.14. The van der Waals surface area contributed by atoms with E-state index in [9.17, 15) is 9.59 Å². The highest BCUT2D eigenvalue weighted by molar-refractivity contribution is 7.12. The third-order valence-corrected chi connectivity index (χ3v) is 3.66. The molecule has 1 N–H and O–H groups in total. The maximum atomic E-state index is 11.8. The monoisotopic (exact) mass is 279 g/mol. The number of thiophene rings is 1. The maximum absolute atomic E-state index is 11.8. The van der Waals surface area contributed by atoms with Gasteiger partial charge in [0.05, 0.1) is 12.8 Å². The van der Waals surface area contributed by atoms with Crippen molar-refractivity contribution in [2.45, 2.75) is 32.6 Å². The molecule has 0 aliphatic heterocycles. The molecule has 0 saturated carbocycles. The van der Waals surface area contributed by atoms with E-state index in [1.165, 1.54) is 18.4 Å². The van der Waals surface area contributed by atoms with Gasteiger partial charge >= 0.3 is 5.97 Å². The summed E-state index contributed by atoms with van der Waals surface area (Å²) in [7, 11) is 1.32. The van der Waals surface area contributed by atoms with Crippen LogP contribution >= 0.6 is 11.3 Å². The van der Waals surface area contributed by atoms with Gasteiger partial charge in [-0.2, -0.15) is 0 Å². The fourth-order valence-corrected chi connectivity index (χ4v) is 2.48. The number of hydrogen-bond donors (Lipinski definition) is 1. The first-order valence-electron chi connectivity index (χ1n) is 5.99. The Balaban J connectivity index is 2.61. The van der Waals surface area contributed by atoms with Crippen molar-refractivity contribution in [3.05, 3.63) is 15.8 Å². The Bertz CT molecular complexity index is 499. The van der Waals surface area contributed by atoms with Crippen molar-refractivity contribution < 1.29 is 14.3 Å². The van der Waals surface area contributed by atoms with E-state index in [0.29, 0.717) is 23.4 Å². The predicted octanol–water partition coefficient (Wildman–Crippen LogP) is 2.98. The van der Waals surface area contributed by atoms with Gasteiger partial charge in [-0.05, 0) is 30.7 Å². The van der Waals surface area contributed by atoms with E-state index >= 15 is 0 Å². The average Bonchev–Trinajstić information content (AvgIpc) is 2.75. The number of unbranched alkanes of at least 4 members (excludes halogenated alkanes) is 2. The lowest BCUT2D eigenvalue weighted by atomic mass is 10.2. The first-order chi connectivity index (χ1) is 9.10. The van der Waals surface area contributed by atoms with Crippen LogP contribution in [0, 0.1) is 19.3 Å². The van der Waals surface area contributed by atoms with E-state index in [0.717, 1.165) is 18.4 Å². The Morgan fingerprint density at radius 1 is 1.47 bits per heavy atom. The minimum atomic E-state index is -0.430. The Hall–Kier alpha value is -1.80. The number of esters is 1. The molecule has 5 heteroatoms. The van der Waals surface area contributed by atoms with Crippen LogP contribution in [0.15, 0.2) is 5.38 Å². The second-order valence-corrected chi connectivity index (χ2v) is 4.95. The minimum Gasteiger partial charge on any atom is -0.465 e. The zero-order valence-corrected chi connectivity index (χ0v) is 11.9. The molecule has 0 radical (unpaired) electrons. The quantitative estimate of drug-likeness (QED) is 0.495. The van der Waals surface area contributed by atoms with Crippen molar-refractivity contribution in [1.82, 2.24) is 0 Å². The van der Waals surface area contributed by atoms with Crippen molar-refractivity contribution >= 4 is 28.9 Å². The van der Waals surface area contributed by atoms with E-state index in [-0.39, 0.29) is 5.91 Å². The number of aryl methyl sites for hydroxylation is 1. The fraction of sp³-hybridized carbons (Fsp3) is 0.429. The first kappa shape index (κ1) is 15.3. The Morgan fingerprint density at radius 2 is 2.21 bits per heavy atom. The first-order valence-corrected chi connectivity index (χ1v) is 6.87. The molecule has 19 heavy (non-hydrogen) atoms. The van der Waals surface area contributed by atoms with Crippen LogP contribution in [0.25, 0.3) is 0 Å². The van der Waals surface area contributed by atoms with E-state index in [4.69, 9.17) is 6.42 Å². The molecule has 102 valence electrons. The van der Waals surface area contributed by atoms with Crippen molar-refractivity contribution in [2.24, 2.45) is 0 Å². The van der Waals surface area contributed by atoms with Crippen LogP contribution in [0.3, 0.4) is 0 Å². The average molecular weight is 279 g/mol. The number of terminal acetylenes is 1. The number of nitrogens with one attached hydrogen (secondary N) is 1. The third-order valence-electron chi connectivity index (χ3n) is 2.59. The van der Waals surface area contributed by atoms with Crippen LogP contribution in [0.1, 0.15) is 40.9 Å². The van der Waals surface area contributed by atoms with E-state index in [1.54, 1.807) is 0 Å². The summed E-state index contributed by atoms with van der Waals surface area (Å²) in [4.78, 5) is 23.7. The van der Waals surface area contributed by atoms with Crippen LogP contribution in [0.2, 0.25) is 0 Å². The Labute approximate surface area is 117 Å². The summed E-state index contributed by atoms with van der Waals surface area (Å²) in [6.45, 7) is 1.84. The number of amides is 1. The molecule has 0 fully saturated rings. The zero-order chi connectivity index (χ0) is 14.3. The van der Waals surface area contributed by atoms with Crippen molar-refractivity contribution in [1.29, 1.82) is 0 Å². The molecule has 1 aromatic heterocycles. The molecule has 0 aromatic carbocycles. The molecule has 0 unspecified atom stereocenters. The molecule has 1 heterocycles. The summed E-state index contributed by atoms with van der Waals surface area (Å²) >= 11 is 1.27. The number of anilines is 1. The number of ether oxygens (including phenoxy) is 1. The van der Waals surface area contributed by atoms with E-state index < -0.39 is 5.97 Å². The summed E-state index contributed by atoms with van der Waals surface area (Å²) in [5.41, 5.74) is 1.42. The second-order valence-electron chi connectivity index (χ2n) is 4.07. The van der Waals surface area contributed by atoms with Crippen molar-refractivity contribution in [3.63, 3.8) is 0 Å². The summed E-state index contributed by atoms with van der Waals surface area (Å²) < 4.78 is 4.68. The highest BCUT2D eigenvalue weighted by atomic mass is 32.1. The van der Waals surface area contributed by atoms with Gasteiger partial charge in [-0.3, -0.25) is 4.79 Å². The Morgan fingerprint density at radius 3 is 2.84 bits per heavy atom. The molecule has 0 aliphatic rings. The molecule has 4 nitrogen and oxygen atoms in total. The van der Waals surface area contributed by atoms with Crippen LogP contribution in [0.5, 0.6) is 0 Å². The van der Waals surface area contributed by atoms with Crippen LogP contribution in [0.4, 0.5) is 5.69 Å². The van der Waals surface area contributed by atoms with Crippen molar-refractivity contribution in [2.75, 3.05) is 12.4 Å². The van der Waals surface area contributed by atoms with Crippen LogP contribution in [-0.2, 0) is 9.53 Å². The molecule has 0 saturated heterocycles. The third kappa shape index (κ3) is 4.42. The van der Waals surface area contributed by atoms with Gasteiger partial charge in [-0.15, -0.1) is 23.7 Å². The van der Waals surface area contributed by atoms with Gasteiger partial charge in [-0.1, -0.05) is 0 Å². The molecular weight excluding hydrogens is 262 g/mol. The summed E-state index contributed by atoms with van der Waals surface area (Å²) in [5.74, 6) is 2.00. The predicted molar refractivity (Wildman–Crippen MR) is 76.3 cm³/mol. The van der Waals surface area contributed by atoms with Gasteiger partial charge in [0.2, 0.25) is 5.91 Å². The molecule has 1 rings (SSSR count). The molecule has 0 bridgehead atoms. The van der Waals surface area contributed by atoms with Crippen LogP contribution in [-0.4, -0.2) is 19.0 Å². The topological polar surface area (TPSA) is 55.4 Å². The fourth-order valence-electron chi connectivity index (χ4n) is 1.56. The van der Waals surface area contributed by atoms with Gasteiger partial charge < -0.3 is 10.1 Å². The van der Waals surface area contributed by atoms with Gasteiger partial charge in [0.25, 0.3) is 0 Å². The minimum absolute atomic E-state index is 0.108. The molecule has 0 aliphatic carbocycles. The number of carbonyl (C=O) groups excluding carboxylic acids is 2. The zero-order valence-electron chi connectivity index (χ0n) is 11.1. The standard InChI is InChI=1S/C14H17NO3S/c1-4-5-6-7-8-11(16)15-12-10(2)9-19-13(12)14(17)18-3/h1,9H,5-8H2,2-3H3,(H,15,16). The lowest BCUT2D eigenvalue weighted by Gasteiger charge is -2.07. The highest BCUT2D eigenvalue weighted by Crippen LogP contribution is 2.28. The maximum Gasteiger partial charge on any atom is 0.350 e. The normalized spacial score (nSPS) is 9.74. The van der Waals surface area contributed by atoms with Crippen molar-refractivity contribution in [3.8, 4) is 12.3 Å². The van der Waals surface area contributed by atoms with E-state index in [1.807, 2.05) is 12.3 Å². The molecule has 0 atom stereocenters. The summed E-state index contributed by atoms with van der Waals surface area (Å²) in [5, 5.41) is 4.59. The molecule has 0 spiro atoms. The second kappa shape index (κ2) is 7.59. The lowest BCUT2D eigenvalue weighted by molar-refractivity contribution is -0.116. The SMILES string of the molecule is C#CCCCCC(=O)Nc1c(C)csc1C(=O)OC. The largest absolute Gasteiger partial charge is 0.465 e. The van der Waals surface area contributed by atoms with E-state index in [2.05, 4.69) is 16.0 Å². The van der Waals surface area contributed by atoms with Gasteiger partial charge in [0.15, 0.2) is 0 Å². The number of methoxy groups -OCH3 is 1. The van der Waals surface area contributed by atoms with Gasteiger partial charge in [-0.25, -0.2) is 4.79 Å². The van der Waals surface area contributed by atoms with Gasteiger partial charge in [0.1, 0.15) is 4.88 Å². The molecular formula is C14H17NO3S. The summed E-state index contributed by atoms with van der Waals surface area (Å²) in [6.07, 6.45) is 7.79. The summed E-state index contributed by atoms with van der Waals surface area (Å²) in [6, 6.07) is 0. The van der Waals surface area contributed by atoms with Crippen LogP contribution < -0.4 is 5.32 Å². The number of rotatable bonds is 6. The molecule has 1 aromatic rings. The number of carbonyl (C=O) groups is 2.